The van der Waals surface area contributed by atoms with E-state index >= 15 is 0 Å². The Morgan fingerprint density at radius 3 is 2.05 bits per heavy atom. The van der Waals surface area contributed by atoms with Gasteiger partial charge in [0.25, 0.3) is 0 Å². The highest BCUT2D eigenvalue weighted by Crippen LogP contribution is 2.40. The molecule has 0 aliphatic carbocycles. The van der Waals surface area contributed by atoms with Crippen LogP contribution in [0.25, 0.3) is 22.3 Å². The number of rotatable bonds is 10. The molecular weight excluding hydrogens is 744 g/mol. The Balaban J connectivity index is 1.41. The van der Waals surface area contributed by atoms with Crippen LogP contribution < -0.4 is 14.9 Å². The lowest BCUT2D eigenvalue weighted by Crippen LogP contribution is -2.65. The van der Waals surface area contributed by atoms with Gasteiger partial charge in [0.15, 0.2) is 35.9 Å². The van der Waals surface area contributed by atoms with E-state index in [9.17, 15) is 66.1 Å². The van der Waals surface area contributed by atoms with Crippen molar-refractivity contribution in [3.8, 4) is 40.1 Å². The number of phenolic OH excluding ortho intramolecular Hbond substituents is 3. The molecule has 0 unspecified atom stereocenters. The molecule has 3 fully saturated rings. The summed E-state index contributed by atoms with van der Waals surface area (Å²) in [5.74, 6) is -2.77. The van der Waals surface area contributed by atoms with Gasteiger partial charge in [0.05, 0.1) is 26.4 Å². The van der Waals surface area contributed by atoms with Crippen LogP contribution in [0.5, 0.6) is 28.7 Å². The van der Waals surface area contributed by atoms with E-state index in [1.165, 1.54) is 32.2 Å². The number of fused-ring (bicyclic) bond motifs is 1. The number of aliphatic hydroxyl groups excluding tert-OH is 9. The molecule has 21 heteroatoms. The van der Waals surface area contributed by atoms with Crippen molar-refractivity contribution in [1.29, 1.82) is 0 Å². The average Bonchev–Trinajstić information content (AvgIpc) is 3.15. The van der Waals surface area contributed by atoms with Crippen molar-refractivity contribution in [3.05, 3.63) is 40.6 Å². The molecule has 1 aromatic heterocycles. The molecule has 21 nitrogen and oxygen atoms in total. The van der Waals surface area contributed by atoms with Crippen LogP contribution in [0.3, 0.4) is 0 Å². The number of aliphatic hydroxyl groups is 9. The molecule has 4 heterocycles. The van der Waals surface area contributed by atoms with Crippen molar-refractivity contribution in [2.24, 2.45) is 0 Å². The highest BCUT2D eigenvalue weighted by Gasteiger charge is 2.52. The van der Waals surface area contributed by atoms with Crippen molar-refractivity contribution < 1.29 is 98.9 Å². The van der Waals surface area contributed by atoms with E-state index in [0.717, 1.165) is 12.1 Å². The zero-order valence-corrected chi connectivity index (χ0v) is 29.0. The van der Waals surface area contributed by atoms with Gasteiger partial charge < -0.3 is 98.9 Å². The maximum Gasteiger partial charge on any atom is 0.239 e. The third-order valence-electron chi connectivity index (χ3n) is 9.61. The van der Waals surface area contributed by atoms with E-state index in [1.807, 2.05) is 0 Å². The first kappa shape index (κ1) is 40.7. The normalized spacial score (nSPS) is 36.8. The third kappa shape index (κ3) is 7.77. The van der Waals surface area contributed by atoms with Crippen molar-refractivity contribution in [2.75, 3.05) is 20.3 Å². The van der Waals surface area contributed by atoms with E-state index in [2.05, 4.69) is 0 Å². The first-order chi connectivity index (χ1) is 26.1. The first-order valence-corrected chi connectivity index (χ1v) is 16.9. The van der Waals surface area contributed by atoms with E-state index in [4.69, 9.17) is 37.6 Å². The summed E-state index contributed by atoms with van der Waals surface area (Å²) >= 11 is 0. The molecule has 2 aromatic carbocycles. The number of ether oxygens (including phenoxy) is 7. The summed E-state index contributed by atoms with van der Waals surface area (Å²) in [6, 6.07) is 5.60. The monoisotopic (exact) mass is 786 g/mol. The van der Waals surface area contributed by atoms with Gasteiger partial charge in [-0.2, -0.15) is 0 Å². The highest BCUT2D eigenvalue weighted by molar-refractivity contribution is 5.88. The van der Waals surface area contributed by atoms with Crippen molar-refractivity contribution in [3.63, 3.8) is 0 Å². The van der Waals surface area contributed by atoms with Gasteiger partial charge in [-0.05, 0) is 25.1 Å². The van der Waals surface area contributed by atoms with Crippen LogP contribution in [-0.4, -0.2) is 174 Å². The molecule has 3 aromatic rings. The Morgan fingerprint density at radius 2 is 1.36 bits per heavy atom. The summed E-state index contributed by atoms with van der Waals surface area (Å²) in [5.41, 5.74) is -1.39. The van der Waals surface area contributed by atoms with Gasteiger partial charge in [0.2, 0.25) is 17.5 Å². The number of methoxy groups -OCH3 is 1. The molecule has 3 aliphatic rings. The van der Waals surface area contributed by atoms with E-state index in [1.54, 1.807) is 0 Å². The van der Waals surface area contributed by atoms with Crippen LogP contribution in [0.4, 0.5) is 0 Å². The lowest BCUT2D eigenvalue weighted by molar-refractivity contribution is -0.362. The first-order valence-electron chi connectivity index (χ1n) is 16.9. The molecule has 55 heavy (non-hydrogen) atoms. The second kappa shape index (κ2) is 16.3. The highest BCUT2D eigenvalue weighted by atomic mass is 16.8. The fraction of sp³-hybridized carbons (Fsp3) is 0.559. The fourth-order valence-electron chi connectivity index (χ4n) is 6.46. The maximum absolute atomic E-state index is 14.2. The zero-order valence-electron chi connectivity index (χ0n) is 29.0. The molecule has 0 radical (unpaired) electrons. The summed E-state index contributed by atoms with van der Waals surface area (Å²) in [7, 11) is 1.25. The minimum Gasteiger partial charge on any atom is -0.508 e. The Morgan fingerprint density at radius 1 is 0.709 bits per heavy atom. The molecular formula is C34H42O21. The van der Waals surface area contributed by atoms with Crippen LogP contribution in [0, 0.1) is 0 Å². The Hall–Kier alpha value is -3.91. The van der Waals surface area contributed by atoms with Gasteiger partial charge in [-0.1, -0.05) is 0 Å². The summed E-state index contributed by atoms with van der Waals surface area (Å²) in [5, 5.41) is 125. The Bertz CT molecular complexity index is 1870. The SMILES string of the molecule is COc1cc(-c2oc3cc(O)cc(O)c3c(=O)c2O[C@@H]2O[C@H](CO[C@H]3O[C@H](C)[C@@H](O)[C@H](O)[C@@H]3O)[C@@H](O)[C@H](O)[C@H]2O[C@@H]2O[C@H](CO)[C@@H](O)[C@H](O)[C@H]2O)ccc1O. The predicted molar refractivity (Wildman–Crippen MR) is 178 cm³/mol. The minimum atomic E-state index is -2.08. The lowest BCUT2D eigenvalue weighted by Gasteiger charge is -2.46. The van der Waals surface area contributed by atoms with E-state index < -0.39 is 139 Å². The smallest absolute Gasteiger partial charge is 0.239 e. The second-order valence-corrected chi connectivity index (χ2v) is 13.3. The quantitative estimate of drug-likeness (QED) is 0.0946. The predicted octanol–water partition coefficient (Wildman–Crippen LogP) is -3.56. The molecule has 15 atom stereocenters. The van der Waals surface area contributed by atoms with E-state index in [0.29, 0.717) is 0 Å². The molecule has 0 amide bonds. The molecule has 6 rings (SSSR count). The summed E-state index contributed by atoms with van der Waals surface area (Å²) in [4.78, 5) is 14.2. The van der Waals surface area contributed by atoms with Crippen LogP contribution in [-0.2, 0) is 23.7 Å². The molecule has 12 N–H and O–H groups in total. The fourth-order valence-corrected chi connectivity index (χ4v) is 6.46. The molecule has 3 aliphatic heterocycles. The standard InChI is InChI=1S/C34H42O21/c1-10-20(39)24(43)27(46)32(50-10)49-9-18-22(41)26(45)31(55-33-28(47)25(44)21(40)17(8-35)52-33)34(53-18)54-30-23(42)19-14(38)6-12(36)7-16(19)51-29(30)11-3-4-13(37)15(5-11)48-2/h3-7,10,17-18,20-22,24-28,31-41,43-47H,8-9H2,1-2H3/t10-,17-,18-,20-,21-,22-,24+,25+,26+,27+,28-,31-,32+,33+,34+/m1/s1. The van der Waals surface area contributed by atoms with E-state index in [-0.39, 0.29) is 22.6 Å². The maximum atomic E-state index is 14.2. The summed E-state index contributed by atoms with van der Waals surface area (Å²) in [6.07, 6.45) is -26.4. The largest absolute Gasteiger partial charge is 0.508 e. The second-order valence-electron chi connectivity index (χ2n) is 13.3. The van der Waals surface area contributed by atoms with Crippen LogP contribution in [0.15, 0.2) is 39.5 Å². The van der Waals surface area contributed by atoms with Gasteiger partial charge in [-0.25, -0.2) is 0 Å². The van der Waals surface area contributed by atoms with Crippen LogP contribution in [0.2, 0.25) is 0 Å². The molecule has 0 bridgehead atoms. The number of aromatic hydroxyl groups is 3. The van der Waals surface area contributed by atoms with Gasteiger partial charge >= 0.3 is 0 Å². The van der Waals surface area contributed by atoms with Gasteiger partial charge in [0.1, 0.15) is 83.5 Å². The summed E-state index contributed by atoms with van der Waals surface area (Å²) in [6.45, 7) is -0.171. The topological polar surface area (TPSA) is 338 Å². The zero-order chi connectivity index (χ0) is 40.0. The number of hydrogen-bond acceptors (Lipinski definition) is 21. The summed E-state index contributed by atoms with van der Waals surface area (Å²) < 4.78 is 45.3. The van der Waals surface area contributed by atoms with Crippen molar-refractivity contribution in [2.45, 2.75) is 99.0 Å². The number of phenols is 3. The van der Waals surface area contributed by atoms with Gasteiger partial charge in [0, 0.05) is 17.7 Å². The van der Waals surface area contributed by atoms with Crippen LogP contribution in [0.1, 0.15) is 6.92 Å². The lowest BCUT2D eigenvalue weighted by atomic mass is 9.97. The molecule has 0 saturated carbocycles. The Kier molecular flexibility index (Phi) is 12.1. The number of benzene rings is 2. The average molecular weight is 787 g/mol. The molecule has 304 valence electrons. The minimum absolute atomic E-state index is 0.0208. The molecule has 0 spiro atoms. The van der Waals surface area contributed by atoms with Crippen molar-refractivity contribution >= 4 is 11.0 Å². The van der Waals surface area contributed by atoms with Crippen molar-refractivity contribution in [1.82, 2.24) is 0 Å². The Labute approximate surface area is 309 Å². The number of hydrogen-bond donors (Lipinski definition) is 12. The van der Waals surface area contributed by atoms with Gasteiger partial charge in [-0.15, -0.1) is 0 Å². The van der Waals surface area contributed by atoms with Gasteiger partial charge in [-0.3, -0.25) is 4.79 Å². The van der Waals surface area contributed by atoms with Crippen LogP contribution >= 0.6 is 0 Å². The third-order valence-corrected chi connectivity index (χ3v) is 9.61. The molecule has 3 saturated heterocycles.